The Bertz CT molecular complexity index is 3860. The molecule has 1 aliphatic carbocycles. The SMILES string of the molecule is C1=CC2c3cccc(-n4c5ccccc5c5cc(-c6ccc7c(c6)c6ccccc6n7-c6nc(-c7cccc8ccccc78)cc(-c7cccc8ccccc78)n6)ccc54)c3OC2CC1. The lowest BCUT2D eigenvalue weighted by Gasteiger charge is -2.19. The van der Waals surface area contributed by atoms with Gasteiger partial charge in [0.1, 0.15) is 11.9 Å². The summed E-state index contributed by atoms with van der Waals surface area (Å²) < 4.78 is 11.4. The number of benzene rings is 9. The van der Waals surface area contributed by atoms with Crippen LogP contribution in [-0.2, 0) is 0 Å². The van der Waals surface area contributed by atoms with E-state index in [1.54, 1.807) is 0 Å². The molecule has 2 atom stereocenters. The van der Waals surface area contributed by atoms with Crippen LogP contribution in [-0.4, -0.2) is 25.2 Å². The molecule has 65 heavy (non-hydrogen) atoms. The van der Waals surface area contributed by atoms with Gasteiger partial charge in [-0.15, -0.1) is 0 Å². The molecule has 0 spiro atoms. The number of allylic oxidation sites excluding steroid dienone is 1. The monoisotopic (exact) mass is 832 g/mol. The first-order chi connectivity index (χ1) is 32.2. The van der Waals surface area contributed by atoms with Gasteiger partial charge in [-0.1, -0.05) is 158 Å². The quantitative estimate of drug-likeness (QED) is 0.162. The molecule has 0 N–H and O–H groups in total. The molecule has 0 amide bonds. The van der Waals surface area contributed by atoms with Gasteiger partial charge in [-0.25, -0.2) is 9.97 Å². The minimum absolute atomic E-state index is 0.197. The van der Waals surface area contributed by atoms with Crippen LogP contribution in [0.15, 0.2) is 206 Å². The lowest BCUT2D eigenvalue weighted by atomic mass is 9.88. The Labute approximate surface area is 375 Å². The summed E-state index contributed by atoms with van der Waals surface area (Å²) in [5, 5.41) is 9.42. The van der Waals surface area contributed by atoms with Crippen LogP contribution in [0.5, 0.6) is 5.75 Å². The summed E-state index contributed by atoms with van der Waals surface area (Å²) in [4.78, 5) is 10.9. The van der Waals surface area contributed by atoms with Gasteiger partial charge >= 0.3 is 0 Å². The van der Waals surface area contributed by atoms with Gasteiger partial charge in [-0.05, 0) is 94.0 Å². The molecule has 9 aromatic carbocycles. The van der Waals surface area contributed by atoms with E-state index in [0.717, 1.165) is 90.5 Å². The fourth-order valence-corrected chi connectivity index (χ4v) is 11.0. The minimum atomic E-state index is 0.197. The summed E-state index contributed by atoms with van der Waals surface area (Å²) in [5.74, 6) is 1.96. The van der Waals surface area contributed by atoms with Crippen molar-refractivity contribution in [1.29, 1.82) is 0 Å². The molecule has 4 heterocycles. The molecule has 0 radical (unpaired) electrons. The number of aromatic nitrogens is 4. The molecule has 14 rings (SSSR count). The number of fused-ring (bicyclic) bond motifs is 11. The number of rotatable bonds is 5. The average Bonchev–Trinajstić information content (AvgIpc) is 4.03. The van der Waals surface area contributed by atoms with Crippen LogP contribution >= 0.6 is 0 Å². The number of para-hydroxylation sites is 3. The van der Waals surface area contributed by atoms with E-state index < -0.39 is 0 Å². The second kappa shape index (κ2) is 14.1. The van der Waals surface area contributed by atoms with Crippen molar-refractivity contribution in [3.05, 3.63) is 212 Å². The van der Waals surface area contributed by atoms with Gasteiger partial charge in [0.05, 0.1) is 39.1 Å². The second-order valence-electron chi connectivity index (χ2n) is 17.5. The second-order valence-corrected chi connectivity index (χ2v) is 17.5. The average molecular weight is 833 g/mol. The zero-order chi connectivity index (χ0) is 42.6. The maximum Gasteiger partial charge on any atom is 0.235 e. The van der Waals surface area contributed by atoms with Crippen molar-refractivity contribution in [3.63, 3.8) is 0 Å². The lowest BCUT2D eigenvalue weighted by Crippen LogP contribution is -2.19. The van der Waals surface area contributed by atoms with Gasteiger partial charge in [0.25, 0.3) is 0 Å². The van der Waals surface area contributed by atoms with Crippen molar-refractivity contribution in [2.24, 2.45) is 0 Å². The molecule has 0 saturated carbocycles. The van der Waals surface area contributed by atoms with Crippen LogP contribution in [0, 0.1) is 0 Å². The number of hydrogen-bond donors (Lipinski definition) is 0. The van der Waals surface area contributed by atoms with Gasteiger partial charge in [0, 0.05) is 44.2 Å². The van der Waals surface area contributed by atoms with Crippen LogP contribution in [0.25, 0.3) is 110 Å². The molecule has 306 valence electrons. The Morgan fingerprint density at radius 3 is 1.62 bits per heavy atom. The van der Waals surface area contributed by atoms with Gasteiger partial charge in [0.15, 0.2) is 0 Å². The van der Waals surface area contributed by atoms with Crippen LogP contribution in [0.3, 0.4) is 0 Å². The number of ether oxygens (including phenoxy) is 1. The first kappa shape index (κ1) is 36.2. The first-order valence-electron chi connectivity index (χ1n) is 22.6. The molecule has 2 unspecified atom stereocenters. The van der Waals surface area contributed by atoms with E-state index in [-0.39, 0.29) is 6.10 Å². The maximum absolute atomic E-state index is 6.78. The fraction of sp³-hybridized carbons (Fsp3) is 0.0667. The molecule has 2 aliphatic rings. The molecule has 5 heteroatoms. The molecular weight excluding hydrogens is 793 g/mol. The Morgan fingerprint density at radius 1 is 0.446 bits per heavy atom. The number of hydrogen-bond acceptors (Lipinski definition) is 3. The van der Waals surface area contributed by atoms with E-state index >= 15 is 0 Å². The highest BCUT2D eigenvalue weighted by molar-refractivity contribution is 6.13. The van der Waals surface area contributed by atoms with Gasteiger partial charge < -0.3 is 9.30 Å². The Morgan fingerprint density at radius 2 is 0.969 bits per heavy atom. The molecule has 5 nitrogen and oxygen atoms in total. The summed E-state index contributed by atoms with van der Waals surface area (Å²) >= 11 is 0. The van der Waals surface area contributed by atoms with Gasteiger partial charge in [0.2, 0.25) is 5.95 Å². The smallest absolute Gasteiger partial charge is 0.235 e. The molecule has 12 aromatic rings. The zero-order valence-corrected chi connectivity index (χ0v) is 35.4. The molecule has 0 fully saturated rings. The molecular formula is C60H40N4O. The first-order valence-corrected chi connectivity index (χ1v) is 22.6. The highest BCUT2D eigenvalue weighted by Gasteiger charge is 2.36. The molecule has 0 saturated heterocycles. The van der Waals surface area contributed by atoms with Crippen molar-refractivity contribution in [1.82, 2.24) is 19.1 Å². The minimum Gasteiger partial charge on any atom is -0.487 e. The van der Waals surface area contributed by atoms with E-state index in [4.69, 9.17) is 14.7 Å². The predicted molar refractivity (Wildman–Crippen MR) is 268 cm³/mol. The zero-order valence-electron chi connectivity index (χ0n) is 35.4. The molecule has 0 bridgehead atoms. The predicted octanol–water partition coefficient (Wildman–Crippen LogP) is 15.2. The van der Waals surface area contributed by atoms with Crippen molar-refractivity contribution in [2.75, 3.05) is 0 Å². The van der Waals surface area contributed by atoms with E-state index in [0.29, 0.717) is 11.9 Å². The van der Waals surface area contributed by atoms with Crippen molar-refractivity contribution >= 4 is 65.2 Å². The van der Waals surface area contributed by atoms with E-state index in [9.17, 15) is 0 Å². The summed E-state index contributed by atoms with van der Waals surface area (Å²) in [5.41, 5.74) is 13.1. The van der Waals surface area contributed by atoms with E-state index in [2.05, 4.69) is 215 Å². The third-order valence-corrected chi connectivity index (χ3v) is 14.0. The lowest BCUT2D eigenvalue weighted by molar-refractivity contribution is 0.204. The van der Waals surface area contributed by atoms with Gasteiger partial charge in [-0.2, -0.15) is 0 Å². The third-order valence-electron chi connectivity index (χ3n) is 14.0. The Kier molecular flexibility index (Phi) is 7.87. The summed E-state index contributed by atoms with van der Waals surface area (Å²) in [6.45, 7) is 0. The topological polar surface area (TPSA) is 44.9 Å². The van der Waals surface area contributed by atoms with Crippen molar-refractivity contribution in [3.8, 4) is 51.0 Å². The third kappa shape index (κ3) is 5.52. The Balaban J connectivity index is 0.949. The largest absolute Gasteiger partial charge is 0.487 e. The highest BCUT2D eigenvalue weighted by Crippen LogP contribution is 2.48. The normalized spacial score (nSPS) is 15.6. The van der Waals surface area contributed by atoms with Crippen LogP contribution < -0.4 is 4.74 Å². The molecule has 1 aliphatic heterocycles. The van der Waals surface area contributed by atoms with E-state index in [1.807, 2.05) is 0 Å². The summed E-state index contributed by atoms with van der Waals surface area (Å²) in [7, 11) is 0. The standard InChI is InChI=1S/C60H40N4O/c1-3-18-41-37(14-1)16-11-23-43(41)51-36-52(44-24-12-17-38-15-2-4-19-42(38)44)62-60(61-51)64-54-27-9-6-21-46(54)50-35-40(31-33-56(50)64)39-30-32-55-49(34-39)45-20-5-8-26-53(45)63(55)57-28-13-25-48-47-22-7-10-29-58(47)65-59(48)57/h1-9,11-28,30-36,47,58H,10,29H2. The highest BCUT2D eigenvalue weighted by atomic mass is 16.5. The van der Waals surface area contributed by atoms with Crippen LogP contribution in [0.4, 0.5) is 0 Å². The fourth-order valence-electron chi connectivity index (χ4n) is 11.0. The van der Waals surface area contributed by atoms with Crippen molar-refractivity contribution in [2.45, 2.75) is 24.9 Å². The van der Waals surface area contributed by atoms with Crippen LogP contribution in [0.1, 0.15) is 24.3 Å². The van der Waals surface area contributed by atoms with Crippen LogP contribution in [0.2, 0.25) is 0 Å². The number of nitrogens with zero attached hydrogens (tertiary/aromatic N) is 4. The summed E-state index contributed by atoms with van der Waals surface area (Å²) in [6.07, 6.45) is 6.96. The van der Waals surface area contributed by atoms with E-state index in [1.165, 1.54) is 38.1 Å². The maximum atomic E-state index is 6.78. The van der Waals surface area contributed by atoms with Crippen molar-refractivity contribution < 1.29 is 4.74 Å². The Hall–Kier alpha value is -8.28. The summed E-state index contributed by atoms with van der Waals surface area (Å²) in [6, 6.07) is 70.1. The van der Waals surface area contributed by atoms with Gasteiger partial charge in [-0.3, -0.25) is 4.57 Å². The molecule has 3 aromatic heterocycles.